The van der Waals surface area contributed by atoms with E-state index in [0.717, 1.165) is 24.9 Å². The lowest BCUT2D eigenvalue weighted by molar-refractivity contribution is 0.102. The van der Waals surface area contributed by atoms with Crippen LogP contribution in [0.15, 0.2) is 59.6 Å². The van der Waals surface area contributed by atoms with Crippen LogP contribution in [0.25, 0.3) is 22.4 Å². The molecule has 7 nitrogen and oxygen atoms in total. The van der Waals surface area contributed by atoms with Gasteiger partial charge in [-0.25, -0.2) is 15.0 Å². The predicted molar refractivity (Wildman–Crippen MR) is 105 cm³/mol. The average molecular weight is 371 g/mol. The Bertz CT molecular complexity index is 1170. The summed E-state index contributed by atoms with van der Waals surface area (Å²) < 4.78 is 5.30. The molecule has 1 aliphatic rings. The minimum Gasteiger partial charge on any atom is -0.442 e. The molecule has 1 aliphatic heterocycles. The number of oxazole rings is 1. The van der Waals surface area contributed by atoms with Crippen LogP contribution in [0.5, 0.6) is 0 Å². The molecule has 1 amide bonds. The minimum atomic E-state index is -0.188. The highest BCUT2D eigenvalue weighted by Crippen LogP contribution is 2.22. The van der Waals surface area contributed by atoms with Gasteiger partial charge in [-0.1, -0.05) is 6.07 Å². The molecule has 0 fully saturated rings. The van der Waals surface area contributed by atoms with Crippen LogP contribution >= 0.6 is 0 Å². The summed E-state index contributed by atoms with van der Waals surface area (Å²) in [6.45, 7) is 1.77. The van der Waals surface area contributed by atoms with E-state index in [9.17, 15) is 4.79 Å². The summed E-state index contributed by atoms with van der Waals surface area (Å²) in [7, 11) is 0. The number of pyridine rings is 2. The maximum Gasteiger partial charge on any atom is 0.256 e. The van der Waals surface area contributed by atoms with Crippen LogP contribution in [0, 0.1) is 0 Å². The quantitative estimate of drug-likeness (QED) is 0.575. The topological polar surface area (TPSA) is 92.9 Å². The van der Waals surface area contributed by atoms with Crippen LogP contribution in [-0.4, -0.2) is 27.4 Å². The Labute approximate surface area is 160 Å². The van der Waals surface area contributed by atoms with Crippen molar-refractivity contribution in [3.8, 4) is 11.5 Å². The third kappa shape index (κ3) is 3.12. The van der Waals surface area contributed by atoms with E-state index >= 15 is 0 Å². The fraction of sp³-hybridized carbons (Fsp3) is 0.143. The van der Waals surface area contributed by atoms with Gasteiger partial charge in [0.1, 0.15) is 11.5 Å². The summed E-state index contributed by atoms with van der Waals surface area (Å²) in [5, 5.41) is 7.07. The highest BCUT2D eigenvalue weighted by molar-refractivity contribution is 6.04. The second-order valence-electron chi connectivity index (χ2n) is 6.69. The Balaban J connectivity index is 1.42. The SMILES string of the molecule is O=C(Nc1cc2nc(-c3cnco3)ccc2cn1)c1ccc2c(c1)CNCC2. The molecule has 138 valence electrons. The number of aromatic nitrogens is 3. The zero-order valence-electron chi connectivity index (χ0n) is 15.0. The Morgan fingerprint density at radius 2 is 2.07 bits per heavy atom. The van der Waals surface area contributed by atoms with E-state index in [4.69, 9.17) is 4.42 Å². The van der Waals surface area contributed by atoms with Crippen LogP contribution in [-0.2, 0) is 13.0 Å². The van der Waals surface area contributed by atoms with Gasteiger partial charge in [0.15, 0.2) is 12.2 Å². The summed E-state index contributed by atoms with van der Waals surface area (Å²) in [4.78, 5) is 25.5. The van der Waals surface area contributed by atoms with Crippen molar-refractivity contribution in [2.24, 2.45) is 0 Å². The largest absolute Gasteiger partial charge is 0.442 e. The number of nitrogens with one attached hydrogen (secondary N) is 2. The molecule has 4 aromatic rings. The molecule has 0 radical (unpaired) electrons. The van der Waals surface area contributed by atoms with Gasteiger partial charge in [-0.05, 0) is 48.4 Å². The molecule has 0 spiro atoms. The second kappa shape index (κ2) is 6.86. The smallest absolute Gasteiger partial charge is 0.256 e. The summed E-state index contributed by atoms with van der Waals surface area (Å²) in [6, 6.07) is 11.4. The van der Waals surface area contributed by atoms with Crippen molar-refractivity contribution in [1.82, 2.24) is 20.3 Å². The first kappa shape index (κ1) is 16.6. The molecular weight excluding hydrogens is 354 g/mol. The number of rotatable bonds is 3. The normalized spacial score (nSPS) is 13.3. The number of hydrogen-bond donors (Lipinski definition) is 2. The van der Waals surface area contributed by atoms with E-state index in [1.807, 2.05) is 30.3 Å². The zero-order valence-corrected chi connectivity index (χ0v) is 15.0. The monoisotopic (exact) mass is 371 g/mol. The summed E-state index contributed by atoms with van der Waals surface area (Å²) >= 11 is 0. The van der Waals surface area contributed by atoms with Crippen molar-refractivity contribution in [3.05, 3.63) is 71.9 Å². The molecule has 0 bridgehead atoms. The Hall–Kier alpha value is -3.58. The first-order chi connectivity index (χ1) is 13.8. The third-order valence-electron chi connectivity index (χ3n) is 4.85. The number of carbonyl (C=O) groups is 1. The Kier molecular flexibility index (Phi) is 4.06. The van der Waals surface area contributed by atoms with E-state index in [0.29, 0.717) is 28.4 Å². The lowest BCUT2D eigenvalue weighted by Gasteiger charge is -2.17. The number of carbonyl (C=O) groups excluding carboxylic acids is 1. The number of hydrogen-bond acceptors (Lipinski definition) is 6. The van der Waals surface area contributed by atoms with Crippen LogP contribution in [0.1, 0.15) is 21.5 Å². The molecule has 2 N–H and O–H groups in total. The fourth-order valence-corrected chi connectivity index (χ4v) is 3.37. The van der Waals surface area contributed by atoms with Gasteiger partial charge in [0, 0.05) is 29.8 Å². The van der Waals surface area contributed by atoms with Crippen LogP contribution in [0.2, 0.25) is 0 Å². The highest BCUT2D eigenvalue weighted by atomic mass is 16.3. The number of nitrogens with zero attached hydrogens (tertiary/aromatic N) is 3. The molecule has 1 aromatic carbocycles. The van der Waals surface area contributed by atoms with Gasteiger partial charge >= 0.3 is 0 Å². The average Bonchev–Trinajstić information content (AvgIpc) is 3.28. The second-order valence-corrected chi connectivity index (χ2v) is 6.69. The van der Waals surface area contributed by atoms with E-state index in [2.05, 4.69) is 25.6 Å². The maximum absolute atomic E-state index is 12.7. The fourth-order valence-electron chi connectivity index (χ4n) is 3.37. The molecule has 4 heterocycles. The van der Waals surface area contributed by atoms with Gasteiger partial charge in [-0.2, -0.15) is 0 Å². The summed E-state index contributed by atoms with van der Waals surface area (Å²) in [5.74, 6) is 0.856. The lowest BCUT2D eigenvalue weighted by atomic mass is 9.98. The number of benzene rings is 1. The molecule has 0 saturated heterocycles. The summed E-state index contributed by atoms with van der Waals surface area (Å²) in [5.41, 5.74) is 4.48. The van der Waals surface area contributed by atoms with Gasteiger partial charge in [0.2, 0.25) is 0 Å². The third-order valence-corrected chi connectivity index (χ3v) is 4.85. The predicted octanol–water partition coefficient (Wildman–Crippen LogP) is 3.18. The highest BCUT2D eigenvalue weighted by Gasteiger charge is 2.13. The van der Waals surface area contributed by atoms with E-state index in [1.54, 1.807) is 18.5 Å². The van der Waals surface area contributed by atoms with E-state index in [1.165, 1.54) is 17.5 Å². The molecule has 0 unspecified atom stereocenters. The molecule has 5 rings (SSSR count). The van der Waals surface area contributed by atoms with Crippen molar-refractivity contribution in [1.29, 1.82) is 0 Å². The van der Waals surface area contributed by atoms with Crippen LogP contribution in [0.4, 0.5) is 5.82 Å². The lowest BCUT2D eigenvalue weighted by Crippen LogP contribution is -2.24. The molecule has 0 saturated carbocycles. The van der Waals surface area contributed by atoms with Crippen LogP contribution < -0.4 is 10.6 Å². The number of amides is 1. The molecule has 0 atom stereocenters. The first-order valence-corrected chi connectivity index (χ1v) is 9.06. The van der Waals surface area contributed by atoms with Crippen molar-refractivity contribution in [2.45, 2.75) is 13.0 Å². The maximum atomic E-state index is 12.7. The minimum absolute atomic E-state index is 0.188. The van der Waals surface area contributed by atoms with Gasteiger partial charge in [0.25, 0.3) is 5.91 Å². The first-order valence-electron chi connectivity index (χ1n) is 9.06. The Morgan fingerprint density at radius 3 is 2.96 bits per heavy atom. The zero-order chi connectivity index (χ0) is 18.9. The van der Waals surface area contributed by atoms with Crippen molar-refractivity contribution in [2.75, 3.05) is 11.9 Å². The molecule has 3 aromatic heterocycles. The summed E-state index contributed by atoms with van der Waals surface area (Å²) in [6.07, 6.45) is 5.66. The van der Waals surface area contributed by atoms with E-state index < -0.39 is 0 Å². The van der Waals surface area contributed by atoms with Gasteiger partial charge in [0.05, 0.1) is 11.7 Å². The molecule has 7 heteroatoms. The van der Waals surface area contributed by atoms with Gasteiger partial charge in [-0.15, -0.1) is 0 Å². The number of anilines is 1. The Morgan fingerprint density at radius 1 is 1.11 bits per heavy atom. The van der Waals surface area contributed by atoms with Crippen molar-refractivity contribution >= 4 is 22.6 Å². The van der Waals surface area contributed by atoms with Crippen molar-refractivity contribution in [3.63, 3.8) is 0 Å². The molecular formula is C21H17N5O2. The van der Waals surface area contributed by atoms with Crippen LogP contribution in [0.3, 0.4) is 0 Å². The number of fused-ring (bicyclic) bond motifs is 2. The molecule has 28 heavy (non-hydrogen) atoms. The van der Waals surface area contributed by atoms with Gasteiger partial charge < -0.3 is 15.1 Å². The van der Waals surface area contributed by atoms with Crippen molar-refractivity contribution < 1.29 is 9.21 Å². The molecule has 0 aliphatic carbocycles. The standard InChI is InChI=1S/C21H17N5O2/c27-21(14-2-1-13-5-6-22-9-16(13)7-14)26-20-8-18-15(10-24-20)3-4-17(25-18)19-11-23-12-28-19/h1-4,7-8,10-12,22H,5-6,9H2,(H,24,26,27). The van der Waals surface area contributed by atoms with Gasteiger partial charge in [-0.3, -0.25) is 4.79 Å². The van der Waals surface area contributed by atoms with E-state index in [-0.39, 0.29) is 5.91 Å².